The van der Waals surface area contributed by atoms with Gasteiger partial charge < -0.3 is 14.3 Å². The molecule has 0 aliphatic carbocycles. The van der Waals surface area contributed by atoms with Gasteiger partial charge in [-0.05, 0) is 18.1 Å². The molecule has 7 heteroatoms. The van der Waals surface area contributed by atoms with Gasteiger partial charge in [-0.25, -0.2) is 5.06 Å². The molecule has 0 bridgehead atoms. The minimum Gasteiger partial charge on any atom is -0.416 e. The quantitative estimate of drug-likeness (QED) is 0.457. The van der Waals surface area contributed by atoms with Crippen molar-refractivity contribution >= 4 is 14.2 Å². The Balaban J connectivity index is 5.01. The van der Waals surface area contributed by atoms with Gasteiger partial charge in [-0.3, -0.25) is 9.63 Å². The van der Waals surface area contributed by atoms with E-state index in [2.05, 4.69) is 40.8 Å². The molecule has 0 heterocycles. The smallest absolute Gasteiger partial charge is 0.251 e. The third kappa shape index (κ3) is 6.60. The van der Waals surface area contributed by atoms with Gasteiger partial charge >= 0.3 is 0 Å². The van der Waals surface area contributed by atoms with Gasteiger partial charge in [0.2, 0.25) is 0 Å². The Labute approximate surface area is 161 Å². The SMILES string of the molecule is CO[C@@H]([C@@H](C)[C@@H](O)[C@H](C)C(=O)N(C)OC)[C@@H](C)CO[Si](C)(C)C(C)(C)C. The molecule has 0 aromatic rings. The van der Waals surface area contributed by atoms with Crippen molar-refractivity contribution in [2.75, 3.05) is 27.9 Å². The first-order valence-corrected chi connectivity index (χ1v) is 12.3. The first-order chi connectivity index (χ1) is 11.7. The van der Waals surface area contributed by atoms with Gasteiger partial charge in [0.25, 0.3) is 5.91 Å². The first-order valence-electron chi connectivity index (χ1n) is 9.37. The second-order valence-electron chi connectivity index (χ2n) is 8.91. The molecule has 156 valence electrons. The molecule has 0 aromatic heterocycles. The van der Waals surface area contributed by atoms with E-state index < -0.39 is 20.3 Å². The van der Waals surface area contributed by atoms with Crippen LogP contribution in [0.5, 0.6) is 0 Å². The van der Waals surface area contributed by atoms with Crippen molar-refractivity contribution in [3.63, 3.8) is 0 Å². The summed E-state index contributed by atoms with van der Waals surface area (Å²) in [6.07, 6.45) is -1.04. The normalized spacial score (nSPS) is 18.8. The summed E-state index contributed by atoms with van der Waals surface area (Å²) in [6.45, 7) is 17.4. The largest absolute Gasteiger partial charge is 0.416 e. The van der Waals surface area contributed by atoms with Gasteiger partial charge in [-0.15, -0.1) is 0 Å². The Bertz CT molecular complexity index is 438. The Morgan fingerprint density at radius 2 is 1.65 bits per heavy atom. The van der Waals surface area contributed by atoms with Crippen molar-refractivity contribution in [3.05, 3.63) is 0 Å². The lowest BCUT2D eigenvalue weighted by Crippen LogP contribution is -2.46. The highest BCUT2D eigenvalue weighted by molar-refractivity contribution is 6.74. The summed E-state index contributed by atoms with van der Waals surface area (Å²) in [4.78, 5) is 17.2. The Morgan fingerprint density at radius 1 is 1.15 bits per heavy atom. The Morgan fingerprint density at radius 3 is 2.04 bits per heavy atom. The lowest BCUT2D eigenvalue weighted by Gasteiger charge is -2.39. The van der Waals surface area contributed by atoms with Crippen LogP contribution in [0.2, 0.25) is 18.1 Å². The van der Waals surface area contributed by atoms with Crippen molar-refractivity contribution in [1.29, 1.82) is 0 Å². The molecule has 0 aromatic carbocycles. The van der Waals surface area contributed by atoms with E-state index in [0.29, 0.717) is 6.61 Å². The fourth-order valence-corrected chi connectivity index (χ4v) is 3.90. The molecule has 6 nitrogen and oxygen atoms in total. The van der Waals surface area contributed by atoms with Gasteiger partial charge in [0, 0.05) is 32.6 Å². The maximum Gasteiger partial charge on any atom is 0.251 e. The number of hydroxylamine groups is 2. The van der Waals surface area contributed by atoms with Gasteiger partial charge in [0.1, 0.15) is 0 Å². The zero-order valence-corrected chi connectivity index (χ0v) is 19.6. The minimum absolute atomic E-state index is 0.0984. The van der Waals surface area contributed by atoms with Crippen LogP contribution in [0, 0.1) is 17.8 Å². The van der Waals surface area contributed by atoms with Crippen molar-refractivity contribution in [3.8, 4) is 0 Å². The number of hydrogen-bond donors (Lipinski definition) is 1. The van der Waals surface area contributed by atoms with E-state index >= 15 is 0 Å². The number of hydrogen-bond acceptors (Lipinski definition) is 5. The molecule has 0 fully saturated rings. The molecule has 0 aliphatic heterocycles. The summed E-state index contributed by atoms with van der Waals surface area (Å²) in [5, 5.41) is 12.0. The molecule has 1 N–H and O–H groups in total. The fourth-order valence-electron chi connectivity index (χ4n) is 2.79. The maximum absolute atomic E-state index is 12.2. The molecule has 0 spiro atoms. The number of amides is 1. The van der Waals surface area contributed by atoms with Crippen molar-refractivity contribution < 1.29 is 23.9 Å². The lowest BCUT2D eigenvalue weighted by atomic mass is 9.84. The Hall–Kier alpha value is -0.473. The number of rotatable bonds is 10. The molecule has 0 aliphatic rings. The topological polar surface area (TPSA) is 68.2 Å². The lowest BCUT2D eigenvalue weighted by molar-refractivity contribution is -0.178. The van der Waals surface area contributed by atoms with Crippen molar-refractivity contribution in [1.82, 2.24) is 5.06 Å². The number of aliphatic hydroxyl groups excluding tert-OH is 1. The highest BCUT2D eigenvalue weighted by Gasteiger charge is 2.39. The molecule has 0 rings (SSSR count). The zero-order chi connectivity index (χ0) is 20.9. The highest BCUT2D eigenvalue weighted by Crippen LogP contribution is 2.37. The van der Waals surface area contributed by atoms with Gasteiger partial charge in [-0.2, -0.15) is 0 Å². The van der Waals surface area contributed by atoms with Crippen LogP contribution < -0.4 is 0 Å². The van der Waals surface area contributed by atoms with Crippen LogP contribution in [-0.2, 0) is 18.8 Å². The van der Waals surface area contributed by atoms with Crippen LogP contribution in [-0.4, -0.2) is 64.5 Å². The average molecular weight is 392 g/mol. The second kappa shape index (κ2) is 10.2. The number of carbonyl (C=O) groups is 1. The third-order valence-corrected chi connectivity index (χ3v) is 10.4. The van der Waals surface area contributed by atoms with Crippen LogP contribution >= 0.6 is 0 Å². The number of aliphatic hydroxyl groups is 1. The van der Waals surface area contributed by atoms with E-state index in [1.54, 1.807) is 21.1 Å². The van der Waals surface area contributed by atoms with Gasteiger partial charge in [0.05, 0.1) is 25.2 Å². The molecule has 0 unspecified atom stereocenters. The molecule has 0 saturated heterocycles. The molecular weight excluding hydrogens is 350 g/mol. The number of methoxy groups -OCH3 is 1. The minimum atomic E-state index is -1.84. The molecule has 26 heavy (non-hydrogen) atoms. The van der Waals surface area contributed by atoms with Gasteiger partial charge in [0.15, 0.2) is 8.32 Å². The predicted molar refractivity (Wildman–Crippen MR) is 107 cm³/mol. The summed E-state index contributed by atoms with van der Waals surface area (Å²) in [6, 6.07) is 0. The van der Waals surface area contributed by atoms with E-state index in [9.17, 15) is 9.90 Å². The van der Waals surface area contributed by atoms with Crippen LogP contribution in [0.15, 0.2) is 0 Å². The van der Waals surface area contributed by atoms with E-state index in [1.165, 1.54) is 7.11 Å². The van der Waals surface area contributed by atoms with Crippen LogP contribution in [0.3, 0.4) is 0 Å². The number of carbonyl (C=O) groups excluding carboxylic acids is 1. The van der Waals surface area contributed by atoms with Gasteiger partial charge in [-0.1, -0.05) is 41.5 Å². The van der Waals surface area contributed by atoms with E-state index in [-0.39, 0.29) is 28.9 Å². The first kappa shape index (κ1) is 25.5. The summed E-state index contributed by atoms with van der Waals surface area (Å²) in [7, 11) is 2.77. The zero-order valence-electron chi connectivity index (χ0n) is 18.6. The summed E-state index contributed by atoms with van der Waals surface area (Å²) in [5.74, 6) is -0.962. The van der Waals surface area contributed by atoms with E-state index in [0.717, 1.165) is 5.06 Å². The highest BCUT2D eigenvalue weighted by atomic mass is 28.4. The number of ether oxygens (including phenoxy) is 1. The van der Waals surface area contributed by atoms with E-state index in [1.807, 2.05) is 6.92 Å². The molecule has 1 amide bonds. The summed E-state index contributed by atoms with van der Waals surface area (Å²) < 4.78 is 12.0. The monoisotopic (exact) mass is 391 g/mol. The van der Waals surface area contributed by atoms with Crippen molar-refractivity contribution in [2.24, 2.45) is 17.8 Å². The molecule has 0 saturated carbocycles. The van der Waals surface area contributed by atoms with Crippen LogP contribution in [0.1, 0.15) is 41.5 Å². The predicted octanol–water partition coefficient (Wildman–Crippen LogP) is 3.31. The second-order valence-corrected chi connectivity index (χ2v) is 13.7. The Kier molecular flexibility index (Phi) is 9.99. The third-order valence-electron chi connectivity index (χ3n) is 5.89. The summed E-state index contributed by atoms with van der Waals surface area (Å²) in [5.41, 5.74) is 0. The van der Waals surface area contributed by atoms with Crippen LogP contribution in [0.4, 0.5) is 0 Å². The maximum atomic E-state index is 12.2. The molecule has 0 radical (unpaired) electrons. The average Bonchev–Trinajstić information content (AvgIpc) is 2.56. The molecular formula is C19H41NO5Si. The number of nitrogens with zero attached hydrogens (tertiary/aromatic N) is 1. The van der Waals surface area contributed by atoms with Crippen molar-refractivity contribution in [2.45, 2.75) is 71.9 Å². The summed E-state index contributed by atoms with van der Waals surface area (Å²) >= 11 is 0. The fraction of sp³-hybridized carbons (Fsp3) is 0.947. The van der Waals surface area contributed by atoms with Crippen LogP contribution in [0.25, 0.3) is 0 Å². The standard InChI is InChI=1S/C19H41NO5Si/c1-13(12-25-26(10,11)19(4,5)6)17(23-8)14(2)16(21)15(3)18(22)20(7)24-9/h13-17,21H,12H2,1-11H3/t13-,14-,15-,16+,17+/m0/s1. The van der Waals surface area contributed by atoms with E-state index in [4.69, 9.17) is 14.0 Å². The molecule has 5 atom stereocenters.